The number of hydrogen-bond donors (Lipinski definition) is 2. The van der Waals surface area contributed by atoms with Crippen LogP contribution in [-0.4, -0.2) is 62.5 Å². The van der Waals surface area contributed by atoms with E-state index in [1.165, 1.54) is 17.4 Å². The lowest BCUT2D eigenvalue weighted by Gasteiger charge is -2.34. The number of piperidine rings is 1. The van der Waals surface area contributed by atoms with Crippen molar-refractivity contribution >= 4 is 11.7 Å². The van der Waals surface area contributed by atoms with Gasteiger partial charge in [0.15, 0.2) is 12.6 Å². The number of rotatable bonds is 7. The fourth-order valence-corrected chi connectivity index (χ4v) is 4.00. The molecule has 3 atom stereocenters. The van der Waals surface area contributed by atoms with E-state index < -0.39 is 24.4 Å². The van der Waals surface area contributed by atoms with Crippen LogP contribution >= 0.6 is 0 Å². The molecule has 1 aliphatic carbocycles. The maximum Gasteiger partial charge on any atom is 0.291 e. The fraction of sp³-hybridized carbons (Fsp3) is 0.375. The number of benzene rings is 1. The quantitative estimate of drug-likeness (QED) is 0.491. The van der Waals surface area contributed by atoms with E-state index in [9.17, 15) is 19.6 Å². The average Bonchev–Trinajstić information content (AvgIpc) is 3.59. The summed E-state index contributed by atoms with van der Waals surface area (Å²) in [7, 11) is 0. The van der Waals surface area contributed by atoms with Crippen LogP contribution in [0.1, 0.15) is 35.4 Å². The molecule has 2 aliphatic rings. The number of aliphatic hydroxyl groups is 1. The second-order valence-electron chi connectivity index (χ2n) is 8.62. The molecule has 1 unspecified atom stereocenters. The summed E-state index contributed by atoms with van der Waals surface area (Å²) in [5.74, 6) is 0.621. The monoisotopic (exact) mass is 478 g/mol. The lowest BCUT2D eigenvalue weighted by atomic mass is 10.0. The van der Waals surface area contributed by atoms with Gasteiger partial charge in [0.25, 0.3) is 5.91 Å². The Bertz CT molecular complexity index is 1240. The van der Waals surface area contributed by atoms with E-state index in [1.807, 2.05) is 0 Å². The van der Waals surface area contributed by atoms with Crippen molar-refractivity contribution in [2.45, 2.75) is 37.8 Å². The number of anilines is 1. The van der Waals surface area contributed by atoms with Gasteiger partial charge in [0, 0.05) is 30.5 Å². The fourth-order valence-electron chi connectivity index (χ4n) is 4.00. The summed E-state index contributed by atoms with van der Waals surface area (Å²) in [6.07, 6.45) is 3.16. The first kappa shape index (κ1) is 22.7. The number of halogens is 1. The number of alkyl halides is 1. The van der Waals surface area contributed by atoms with Crippen LogP contribution in [0.25, 0.3) is 11.3 Å². The maximum absolute atomic E-state index is 14.9. The van der Waals surface area contributed by atoms with E-state index in [1.54, 1.807) is 24.3 Å². The van der Waals surface area contributed by atoms with Crippen LogP contribution in [0.3, 0.4) is 0 Å². The predicted octanol–water partition coefficient (Wildman–Crippen LogP) is 2.78. The Morgan fingerprint density at radius 2 is 2.17 bits per heavy atom. The van der Waals surface area contributed by atoms with Gasteiger partial charge in [-0.2, -0.15) is 5.26 Å². The molecule has 0 spiro atoms. The molecule has 11 heteroatoms. The Morgan fingerprint density at radius 3 is 2.89 bits per heavy atom. The van der Waals surface area contributed by atoms with Gasteiger partial charge < -0.3 is 24.5 Å². The molecule has 1 saturated heterocycles. The van der Waals surface area contributed by atoms with E-state index >= 15 is 0 Å². The number of carbonyl (C=O) groups excluding carboxylic acids is 1. The summed E-state index contributed by atoms with van der Waals surface area (Å²) in [4.78, 5) is 25.9. The highest BCUT2D eigenvalue weighted by atomic mass is 19.1. The SMILES string of the molecule is N#Cc1cc(-c2cc(NC(O)C3CC3)ncn2)ccc1O[C@H]1CCN(C(=O)c2cnco2)C[C@H]1F. The van der Waals surface area contributed by atoms with Crippen LogP contribution in [0.2, 0.25) is 0 Å². The van der Waals surface area contributed by atoms with Crippen molar-refractivity contribution in [1.82, 2.24) is 19.9 Å². The summed E-state index contributed by atoms with van der Waals surface area (Å²) >= 11 is 0. The van der Waals surface area contributed by atoms with Crippen molar-refractivity contribution in [1.29, 1.82) is 5.26 Å². The molecule has 0 bridgehead atoms. The Balaban J connectivity index is 1.26. The topological polar surface area (TPSA) is 137 Å². The number of ether oxygens (including phenoxy) is 1. The Labute approximate surface area is 200 Å². The summed E-state index contributed by atoms with van der Waals surface area (Å²) in [5, 5.41) is 22.7. The highest BCUT2D eigenvalue weighted by Crippen LogP contribution is 2.33. The number of amides is 1. The lowest BCUT2D eigenvalue weighted by Crippen LogP contribution is -2.49. The average molecular weight is 478 g/mol. The lowest BCUT2D eigenvalue weighted by molar-refractivity contribution is 0.0186. The van der Waals surface area contributed by atoms with E-state index in [0.29, 0.717) is 17.1 Å². The van der Waals surface area contributed by atoms with Crippen molar-refractivity contribution < 1.29 is 23.4 Å². The standard InChI is InChI=1S/C24H23FN6O4/c25-17-11-31(24(33)21-10-27-13-34-21)6-5-20(17)35-19-4-3-15(7-16(19)9-26)18-8-22(29-12-28-18)30-23(32)14-1-2-14/h3-4,7-8,10,12-14,17,20,23,32H,1-2,5-6,11H2,(H,28,29,30)/t17-,20+,23?/m1/s1. The maximum atomic E-state index is 14.9. The van der Waals surface area contributed by atoms with Crippen molar-refractivity contribution in [2.24, 2.45) is 5.92 Å². The van der Waals surface area contributed by atoms with Gasteiger partial charge in [-0.25, -0.2) is 19.3 Å². The smallest absolute Gasteiger partial charge is 0.291 e. The van der Waals surface area contributed by atoms with E-state index in [-0.39, 0.29) is 42.5 Å². The summed E-state index contributed by atoms with van der Waals surface area (Å²) in [6, 6.07) is 8.75. The van der Waals surface area contributed by atoms with E-state index in [2.05, 4.69) is 26.3 Å². The molecule has 0 radical (unpaired) electrons. The molecule has 10 nitrogen and oxygen atoms in total. The molecule has 2 aromatic heterocycles. The zero-order valence-corrected chi connectivity index (χ0v) is 18.7. The second-order valence-corrected chi connectivity index (χ2v) is 8.62. The molecular weight excluding hydrogens is 455 g/mol. The van der Waals surface area contributed by atoms with Crippen LogP contribution in [0.15, 0.2) is 47.6 Å². The number of nitriles is 1. The third-order valence-electron chi connectivity index (χ3n) is 6.12. The molecular formula is C24H23FN6O4. The number of aromatic nitrogens is 3. The van der Waals surface area contributed by atoms with Gasteiger partial charge in [0.2, 0.25) is 5.76 Å². The minimum atomic E-state index is -1.43. The molecule has 180 valence electrons. The first-order valence-electron chi connectivity index (χ1n) is 11.3. The van der Waals surface area contributed by atoms with Gasteiger partial charge >= 0.3 is 0 Å². The third-order valence-corrected chi connectivity index (χ3v) is 6.12. The zero-order chi connectivity index (χ0) is 24.4. The summed E-state index contributed by atoms with van der Waals surface area (Å²) in [5.41, 5.74) is 1.46. The Hall–Kier alpha value is -4.04. The second kappa shape index (κ2) is 9.68. The third kappa shape index (κ3) is 5.07. The molecule has 1 saturated carbocycles. The number of carbonyl (C=O) groups is 1. The molecule has 2 N–H and O–H groups in total. The van der Waals surface area contributed by atoms with Crippen molar-refractivity contribution in [3.8, 4) is 23.1 Å². The van der Waals surface area contributed by atoms with Crippen LogP contribution < -0.4 is 10.1 Å². The van der Waals surface area contributed by atoms with Gasteiger partial charge in [-0.05, 0) is 31.0 Å². The first-order valence-corrected chi connectivity index (χ1v) is 11.3. The summed E-state index contributed by atoms with van der Waals surface area (Å²) in [6.45, 7) is 0.140. The molecule has 1 amide bonds. The van der Waals surface area contributed by atoms with Gasteiger partial charge in [-0.15, -0.1) is 0 Å². The first-order chi connectivity index (χ1) is 17.0. The molecule has 2 fully saturated rings. The molecule has 5 rings (SSSR count). The summed E-state index contributed by atoms with van der Waals surface area (Å²) < 4.78 is 25.7. The Morgan fingerprint density at radius 1 is 1.31 bits per heavy atom. The molecule has 1 aromatic carbocycles. The van der Waals surface area contributed by atoms with Gasteiger partial charge in [0.1, 0.15) is 36.3 Å². The number of aliphatic hydroxyl groups excluding tert-OH is 1. The highest BCUT2D eigenvalue weighted by Gasteiger charge is 2.35. The number of nitrogens with one attached hydrogen (secondary N) is 1. The molecule has 3 aromatic rings. The van der Waals surface area contributed by atoms with Gasteiger partial charge in [-0.1, -0.05) is 0 Å². The zero-order valence-electron chi connectivity index (χ0n) is 18.7. The van der Waals surface area contributed by atoms with Gasteiger partial charge in [-0.3, -0.25) is 4.79 Å². The minimum absolute atomic E-state index is 0.0593. The Kier molecular flexibility index (Phi) is 6.29. The number of nitrogens with zero attached hydrogens (tertiary/aromatic N) is 5. The van der Waals surface area contributed by atoms with Crippen LogP contribution in [0.4, 0.5) is 10.2 Å². The molecule has 3 heterocycles. The predicted molar refractivity (Wildman–Crippen MR) is 121 cm³/mol. The van der Waals surface area contributed by atoms with E-state index in [0.717, 1.165) is 19.2 Å². The van der Waals surface area contributed by atoms with E-state index in [4.69, 9.17) is 9.15 Å². The van der Waals surface area contributed by atoms with Crippen molar-refractivity contribution in [2.75, 3.05) is 18.4 Å². The molecule has 1 aliphatic heterocycles. The van der Waals surface area contributed by atoms with Crippen LogP contribution in [0.5, 0.6) is 5.75 Å². The highest BCUT2D eigenvalue weighted by molar-refractivity contribution is 5.91. The number of likely N-dealkylation sites (tertiary alicyclic amines) is 1. The number of oxazole rings is 1. The van der Waals surface area contributed by atoms with Crippen molar-refractivity contribution in [3.63, 3.8) is 0 Å². The largest absolute Gasteiger partial charge is 0.486 e. The minimum Gasteiger partial charge on any atom is -0.486 e. The molecule has 35 heavy (non-hydrogen) atoms. The van der Waals surface area contributed by atoms with Crippen LogP contribution in [-0.2, 0) is 0 Å². The van der Waals surface area contributed by atoms with Crippen LogP contribution in [0, 0.1) is 17.2 Å². The number of hydrogen-bond acceptors (Lipinski definition) is 9. The van der Waals surface area contributed by atoms with Gasteiger partial charge in [0.05, 0.1) is 24.0 Å². The normalized spacial score (nSPS) is 20.7. The van der Waals surface area contributed by atoms with Crippen molar-refractivity contribution in [3.05, 3.63) is 54.5 Å².